The van der Waals surface area contributed by atoms with Crippen molar-refractivity contribution in [1.82, 2.24) is 0 Å². The van der Waals surface area contributed by atoms with Crippen LogP contribution in [0.2, 0.25) is 0 Å². The van der Waals surface area contributed by atoms with Gasteiger partial charge in [0.25, 0.3) is 5.66 Å². The Hall–Kier alpha value is 0.290. The molecule has 9 heavy (non-hydrogen) atoms. The molecule has 0 aromatic rings. The number of rotatable bonds is 2. The first kappa shape index (κ1) is 7.40. The Morgan fingerprint density at radius 2 is 2.00 bits per heavy atom. The second-order valence-electron chi connectivity index (χ2n) is 2.76. The zero-order valence-electron chi connectivity index (χ0n) is 5.45. The van der Waals surface area contributed by atoms with Crippen molar-refractivity contribution >= 4 is 9.24 Å². The van der Waals surface area contributed by atoms with Gasteiger partial charge in [0.2, 0.25) is 0 Å². The van der Waals surface area contributed by atoms with Gasteiger partial charge < -0.3 is 0 Å². The Morgan fingerprint density at radius 1 is 1.56 bits per heavy atom. The highest BCUT2D eigenvalue weighted by atomic mass is 31.0. The monoisotopic (exact) mass is 152 g/mol. The standard InChI is InChI=1S/C6H11F2P/c1-2-5(3-4-5)6(7,8)9/h2-4,9H2,1H3. The largest absolute Gasteiger partial charge is 0.264 e. The molecule has 0 aliphatic heterocycles. The van der Waals surface area contributed by atoms with Crippen molar-refractivity contribution < 1.29 is 8.78 Å². The van der Waals surface area contributed by atoms with Crippen molar-refractivity contribution in [2.24, 2.45) is 5.41 Å². The van der Waals surface area contributed by atoms with Crippen LogP contribution in [0.15, 0.2) is 0 Å². The second-order valence-corrected chi connectivity index (χ2v) is 3.48. The first-order valence-corrected chi connectivity index (χ1v) is 3.76. The van der Waals surface area contributed by atoms with E-state index in [0.29, 0.717) is 19.3 Å². The van der Waals surface area contributed by atoms with Crippen LogP contribution in [0, 0.1) is 5.41 Å². The summed E-state index contributed by atoms with van der Waals surface area (Å²) in [5.74, 6) is 0. The van der Waals surface area contributed by atoms with E-state index in [1.54, 1.807) is 9.24 Å². The molecule has 1 atom stereocenters. The fourth-order valence-electron chi connectivity index (χ4n) is 1.07. The lowest BCUT2D eigenvalue weighted by molar-refractivity contribution is 0.0188. The quantitative estimate of drug-likeness (QED) is 0.533. The van der Waals surface area contributed by atoms with Gasteiger partial charge in [-0.1, -0.05) is 16.2 Å². The molecular weight excluding hydrogens is 141 g/mol. The minimum Gasteiger partial charge on any atom is -0.202 e. The van der Waals surface area contributed by atoms with Crippen LogP contribution in [0.25, 0.3) is 0 Å². The van der Waals surface area contributed by atoms with Gasteiger partial charge in [-0.3, -0.25) is 0 Å². The predicted octanol–water partition coefficient (Wildman–Crippen LogP) is 2.64. The smallest absolute Gasteiger partial charge is 0.202 e. The highest BCUT2D eigenvalue weighted by Gasteiger charge is 2.57. The summed E-state index contributed by atoms with van der Waals surface area (Å²) in [6.45, 7) is 1.82. The molecule has 1 saturated carbocycles. The molecule has 0 aromatic heterocycles. The van der Waals surface area contributed by atoms with Gasteiger partial charge in [0.15, 0.2) is 0 Å². The molecular formula is C6H11F2P. The molecule has 0 bridgehead atoms. The third kappa shape index (κ3) is 1.10. The Labute approximate surface area is 56.2 Å². The van der Waals surface area contributed by atoms with Crippen LogP contribution in [-0.4, -0.2) is 5.66 Å². The highest BCUT2D eigenvalue weighted by Crippen LogP contribution is 2.61. The second kappa shape index (κ2) is 1.88. The van der Waals surface area contributed by atoms with Crippen LogP contribution >= 0.6 is 9.24 Å². The molecule has 0 N–H and O–H groups in total. The van der Waals surface area contributed by atoms with E-state index in [1.807, 2.05) is 6.92 Å². The van der Waals surface area contributed by atoms with Crippen LogP contribution in [0.1, 0.15) is 26.2 Å². The number of halogens is 2. The first-order valence-electron chi connectivity index (χ1n) is 3.18. The summed E-state index contributed by atoms with van der Waals surface area (Å²) in [5, 5.41) is 0. The van der Waals surface area contributed by atoms with Gasteiger partial charge in [0.05, 0.1) is 0 Å². The van der Waals surface area contributed by atoms with Crippen molar-refractivity contribution in [2.45, 2.75) is 31.8 Å². The fourth-order valence-corrected chi connectivity index (χ4v) is 1.57. The molecule has 0 nitrogen and oxygen atoms in total. The normalized spacial score (nSPS) is 24.0. The summed E-state index contributed by atoms with van der Waals surface area (Å²) in [4.78, 5) is 0. The summed E-state index contributed by atoms with van der Waals surface area (Å²) in [5.41, 5.74) is -3.17. The van der Waals surface area contributed by atoms with Crippen molar-refractivity contribution in [3.8, 4) is 0 Å². The maximum absolute atomic E-state index is 12.5. The van der Waals surface area contributed by atoms with Gasteiger partial charge in [-0.2, -0.15) is 0 Å². The van der Waals surface area contributed by atoms with Crippen LogP contribution in [0.3, 0.4) is 0 Å². The molecule has 0 spiro atoms. The third-order valence-electron chi connectivity index (χ3n) is 2.24. The summed E-state index contributed by atoms with van der Waals surface area (Å²) in [7, 11) is 1.63. The van der Waals surface area contributed by atoms with Crippen LogP contribution < -0.4 is 0 Å². The molecule has 1 aliphatic carbocycles. The Bertz CT molecular complexity index is 113. The number of hydrogen-bond donors (Lipinski definition) is 0. The van der Waals surface area contributed by atoms with E-state index in [2.05, 4.69) is 0 Å². The van der Waals surface area contributed by atoms with Gasteiger partial charge in [-0.25, -0.2) is 8.78 Å². The molecule has 54 valence electrons. The fraction of sp³-hybridized carbons (Fsp3) is 1.00. The van der Waals surface area contributed by atoms with Crippen LogP contribution in [0.4, 0.5) is 8.78 Å². The third-order valence-corrected chi connectivity index (χ3v) is 2.85. The van der Waals surface area contributed by atoms with E-state index in [-0.39, 0.29) is 0 Å². The van der Waals surface area contributed by atoms with Gasteiger partial charge in [-0.15, -0.1) is 0 Å². The van der Waals surface area contributed by atoms with E-state index >= 15 is 0 Å². The lowest BCUT2D eigenvalue weighted by atomic mass is 10.1. The maximum Gasteiger partial charge on any atom is 0.264 e. The molecule has 0 radical (unpaired) electrons. The molecule has 0 heterocycles. The molecule has 1 unspecified atom stereocenters. The lowest BCUT2D eigenvalue weighted by Gasteiger charge is -2.20. The topological polar surface area (TPSA) is 0 Å². The van der Waals surface area contributed by atoms with E-state index in [9.17, 15) is 8.78 Å². The lowest BCUT2D eigenvalue weighted by Crippen LogP contribution is -2.21. The zero-order valence-corrected chi connectivity index (χ0v) is 6.61. The number of hydrogen-bond acceptors (Lipinski definition) is 0. The van der Waals surface area contributed by atoms with Crippen molar-refractivity contribution in [1.29, 1.82) is 0 Å². The van der Waals surface area contributed by atoms with Crippen molar-refractivity contribution in [3.05, 3.63) is 0 Å². The zero-order chi connectivity index (χ0) is 7.12. The summed E-state index contributed by atoms with van der Waals surface area (Å²) >= 11 is 0. The minimum absolute atomic E-state index is 0.601. The summed E-state index contributed by atoms with van der Waals surface area (Å²) < 4.78 is 25.1. The minimum atomic E-state index is -2.53. The number of alkyl halides is 2. The molecule has 1 rings (SSSR count). The molecule has 1 fully saturated rings. The van der Waals surface area contributed by atoms with Crippen LogP contribution in [-0.2, 0) is 0 Å². The molecule has 0 amide bonds. The SMILES string of the molecule is CCC1(C(F)(F)P)CC1. The average molecular weight is 152 g/mol. The van der Waals surface area contributed by atoms with E-state index in [0.717, 1.165) is 0 Å². The summed E-state index contributed by atoms with van der Waals surface area (Å²) in [6.07, 6.45) is 1.99. The van der Waals surface area contributed by atoms with E-state index in [1.165, 1.54) is 0 Å². The Kier molecular flexibility index (Phi) is 1.55. The van der Waals surface area contributed by atoms with Crippen molar-refractivity contribution in [2.75, 3.05) is 0 Å². The highest BCUT2D eigenvalue weighted by molar-refractivity contribution is 7.18. The van der Waals surface area contributed by atoms with Gasteiger partial charge >= 0.3 is 0 Å². The average Bonchev–Trinajstić information content (AvgIpc) is 2.40. The molecule has 0 aromatic carbocycles. The molecule has 0 saturated heterocycles. The Balaban J connectivity index is 2.60. The van der Waals surface area contributed by atoms with Gasteiger partial charge in [0.1, 0.15) is 0 Å². The predicted molar refractivity (Wildman–Crippen MR) is 36.6 cm³/mol. The molecule has 1 aliphatic rings. The Morgan fingerprint density at radius 3 is 2.00 bits per heavy atom. The van der Waals surface area contributed by atoms with E-state index in [4.69, 9.17) is 0 Å². The van der Waals surface area contributed by atoms with Crippen LogP contribution in [0.5, 0.6) is 0 Å². The maximum atomic E-state index is 12.5. The van der Waals surface area contributed by atoms with Gasteiger partial charge in [-0.05, 0) is 19.3 Å². The summed E-state index contributed by atoms with van der Waals surface area (Å²) in [6, 6.07) is 0. The van der Waals surface area contributed by atoms with Crippen molar-refractivity contribution in [3.63, 3.8) is 0 Å². The van der Waals surface area contributed by atoms with Gasteiger partial charge in [0, 0.05) is 5.41 Å². The first-order chi connectivity index (χ1) is 4.02. The molecule has 3 heteroatoms. The van der Waals surface area contributed by atoms with E-state index < -0.39 is 11.1 Å².